The number of esters is 8. The Balaban J connectivity index is 0. The molecule has 0 bridgehead atoms. The molecule has 0 heterocycles. The van der Waals surface area contributed by atoms with Crippen LogP contribution in [0.1, 0.15) is 151 Å². The van der Waals surface area contributed by atoms with Crippen LogP contribution in [0.3, 0.4) is 0 Å². The second-order valence-corrected chi connectivity index (χ2v) is 11.0. The third kappa shape index (κ3) is 28.5. The Morgan fingerprint density at radius 1 is 0.365 bits per heavy atom. The number of carboxylic acids is 2. The molecule has 0 amide bonds. The average Bonchev–Trinajstić information content (AvgIpc) is 3.06. The van der Waals surface area contributed by atoms with Crippen LogP contribution in [-0.4, -0.2) is 69.9 Å². The molecular weight excluding hydrogens is 688 g/mol. The smallest absolute Gasteiger partial charge is 0.335 e. The van der Waals surface area contributed by atoms with Crippen molar-refractivity contribution in [1.29, 1.82) is 0 Å². The quantitative estimate of drug-likeness (QED) is 0.0709. The lowest BCUT2D eigenvalue weighted by molar-refractivity contribution is -0.162. The van der Waals surface area contributed by atoms with Crippen molar-refractivity contribution < 1.29 is 77.1 Å². The largest absolute Gasteiger partial charge is 0.478 e. The Kier molecular flexibility index (Phi) is 28.7. The van der Waals surface area contributed by atoms with Gasteiger partial charge in [0.05, 0.1) is 11.1 Å². The molecule has 16 nitrogen and oxygen atoms in total. The van der Waals surface area contributed by atoms with Crippen LogP contribution < -0.4 is 0 Å². The highest BCUT2D eigenvalue weighted by Gasteiger charge is 2.13. The molecule has 0 spiro atoms. The molecule has 0 aliphatic carbocycles. The number of unbranched alkanes of at least 4 members (excludes halogenated alkanes) is 2. The summed E-state index contributed by atoms with van der Waals surface area (Å²) < 4.78 is 18.2. The van der Waals surface area contributed by atoms with E-state index in [9.17, 15) is 47.9 Å². The number of ether oxygens (including phenoxy) is 4. The fourth-order valence-corrected chi connectivity index (χ4v) is 3.57. The van der Waals surface area contributed by atoms with Crippen molar-refractivity contribution in [2.75, 3.05) is 0 Å². The molecule has 0 aromatic heterocycles. The minimum Gasteiger partial charge on any atom is -0.478 e. The maximum absolute atomic E-state index is 11.2. The number of carboxylic acid groups (broad SMARTS) is 2. The molecule has 0 saturated heterocycles. The number of benzene rings is 1. The predicted octanol–water partition coefficient (Wildman–Crippen LogP) is 5.66. The molecule has 1 aromatic rings. The lowest BCUT2D eigenvalue weighted by Gasteiger charge is -2.03. The zero-order valence-corrected chi connectivity index (χ0v) is 30.2. The van der Waals surface area contributed by atoms with Gasteiger partial charge in [-0.2, -0.15) is 0 Å². The van der Waals surface area contributed by atoms with Crippen molar-refractivity contribution in [3.8, 4) is 0 Å². The molecule has 52 heavy (non-hydrogen) atoms. The molecule has 0 unspecified atom stereocenters. The van der Waals surface area contributed by atoms with Gasteiger partial charge in [0.1, 0.15) is 0 Å². The van der Waals surface area contributed by atoms with Crippen LogP contribution in [0.25, 0.3) is 0 Å². The Hall–Kier alpha value is -5.28. The number of rotatable bonds is 20. The summed E-state index contributed by atoms with van der Waals surface area (Å²) in [6.45, 7) is 7.27. The molecule has 0 saturated carbocycles. The van der Waals surface area contributed by atoms with Gasteiger partial charge in [0.15, 0.2) is 0 Å². The molecule has 0 aliphatic rings. The minimum atomic E-state index is -1.06. The summed E-state index contributed by atoms with van der Waals surface area (Å²) >= 11 is 0. The molecule has 1 rings (SSSR count). The predicted molar refractivity (Wildman–Crippen MR) is 181 cm³/mol. The van der Waals surface area contributed by atoms with E-state index in [1.54, 1.807) is 0 Å². The van der Waals surface area contributed by atoms with Crippen molar-refractivity contribution in [2.45, 2.75) is 130 Å². The summed E-state index contributed by atoms with van der Waals surface area (Å²) in [7, 11) is 0. The normalized spacial score (nSPS) is 9.77. The highest BCUT2D eigenvalue weighted by atomic mass is 16.6. The molecular formula is C36H50O16. The highest BCUT2D eigenvalue weighted by Crippen LogP contribution is 2.07. The molecule has 0 fully saturated rings. The molecule has 0 aliphatic heterocycles. The van der Waals surface area contributed by atoms with Gasteiger partial charge in [0.25, 0.3) is 0 Å². The van der Waals surface area contributed by atoms with E-state index in [1.807, 2.05) is 27.7 Å². The number of carbonyl (C=O) groups is 10. The topological polar surface area (TPSA) is 248 Å². The molecule has 16 heteroatoms. The van der Waals surface area contributed by atoms with E-state index in [0.717, 1.165) is 0 Å². The van der Waals surface area contributed by atoms with Crippen LogP contribution in [0.2, 0.25) is 0 Å². The number of carbonyl (C=O) groups excluding carboxylic acids is 8. The van der Waals surface area contributed by atoms with Gasteiger partial charge in [0.2, 0.25) is 0 Å². The Labute approximate surface area is 302 Å². The van der Waals surface area contributed by atoms with E-state index in [0.29, 0.717) is 51.4 Å². The highest BCUT2D eigenvalue weighted by molar-refractivity contribution is 5.91. The lowest BCUT2D eigenvalue weighted by Crippen LogP contribution is -2.13. The van der Waals surface area contributed by atoms with Crippen molar-refractivity contribution in [3.05, 3.63) is 35.4 Å². The van der Waals surface area contributed by atoms with Gasteiger partial charge in [-0.25, -0.2) is 9.59 Å². The maximum Gasteiger partial charge on any atom is 0.335 e. The lowest BCUT2D eigenvalue weighted by atomic mass is 10.1. The summed E-state index contributed by atoms with van der Waals surface area (Å²) in [6.07, 6.45) is 5.34. The van der Waals surface area contributed by atoms with E-state index in [-0.39, 0.29) is 62.5 Å². The van der Waals surface area contributed by atoms with Crippen LogP contribution in [-0.2, 0) is 57.3 Å². The van der Waals surface area contributed by atoms with Crippen molar-refractivity contribution >= 4 is 59.7 Å². The number of hydrogen-bond donors (Lipinski definition) is 2. The summed E-state index contributed by atoms with van der Waals surface area (Å²) in [5, 5.41) is 16.9. The Bertz CT molecular complexity index is 1160. The fraction of sp³-hybridized carbons (Fsp3) is 0.556. The zero-order valence-electron chi connectivity index (χ0n) is 30.2. The first kappa shape index (κ1) is 48.8. The van der Waals surface area contributed by atoms with E-state index in [2.05, 4.69) is 18.9 Å². The van der Waals surface area contributed by atoms with Gasteiger partial charge in [-0.1, -0.05) is 27.7 Å². The summed E-state index contributed by atoms with van der Waals surface area (Å²) in [6, 6.07) is 5.02. The first-order valence-electron chi connectivity index (χ1n) is 17.1. The third-order valence-corrected chi connectivity index (χ3v) is 6.13. The zero-order chi connectivity index (χ0) is 39.9. The van der Waals surface area contributed by atoms with E-state index in [1.165, 1.54) is 24.3 Å². The average molecular weight is 739 g/mol. The van der Waals surface area contributed by atoms with Crippen molar-refractivity contribution in [1.82, 2.24) is 0 Å². The summed E-state index contributed by atoms with van der Waals surface area (Å²) in [4.78, 5) is 110. The number of aromatic carboxylic acids is 2. The standard InChI is InChI=1S/2C14H22O6.C8H6O4/c2*1-3-7-11(15)19-13(17)9-5-6-10-14(18)20-12(16)8-4-2;9-7(10)5-1-2-6(4-3-5)8(11)12/h2*3-10H2,1-2H3;1-4H,(H,9,10)(H,11,12). The molecule has 1 aromatic carbocycles. The molecule has 290 valence electrons. The molecule has 0 radical (unpaired) electrons. The Morgan fingerprint density at radius 2 is 0.538 bits per heavy atom. The fourth-order valence-electron chi connectivity index (χ4n) is 3.57. The monoisotopic (exact) mass is 738 g/mol. The van der Waals surface area contributed by atoms with Gasteiger partial charge >= 0.3 is 59.7 Å². The molecule has 2 N–H and O–H groups in total. The number of hydrogen-bond acceptors (Lipinski definition) is 14. The SMILES string of the molecule is CCCC(=O)OC(=O)CCCCC(=O)OC(=O)CCC.CCCC(=O)OC(=O)CCCCC(=O)OC(=O)CCC.O=C(O)c1ccc(C(=O)O)cc1. The van der Waals surface area contributed by atoms with Gasteiger partial charge in [-0.3, -0.25) is 38.4 Å². The van der Waals surface area contributed by atoms with Crippen LogP contribution >= 0.6 is 0 Å². The van der Waals surface area contributed by atoms with Crippen molar-refractivity contribution in [2.24, 2.45) is 0 Å². The van der Waals surface area contributed by atoms with E-state index >= 15 is 0 Å². The summed E-state index contributed by atoms with van der Waals surface area (Å²) in [5.41, 5.74) is 0.167. The van der Waals surface area contributed by atoms with Crippen molar-refractivity contribution in [3.63, 3.8) is 0 Å². The van der Waals surface area contributed by atoms with Crippen LogP contribution in [0.5, 0.6) is 0 Å². The van der Waals surface area contributed by atoms with Crippen LogP contribution in [0.15, 0.2) is 24.3 Å². The second-order valence-electron chi connectivity index (χ2n) is 11.0. The van der Waals surface area contributed by atoms with Crippen LogP contribution in [0.4, 0.5) is 0 Å². The molecule has 0 atom stereocenters. The van der Waals surface area contributed by atoms with Gasteiger partial charge < -0.3 is 29.2 Å². The van der Waals surface area contributed by atoms with Crippen LogP contribution in [0, 0.1) is 0 Å². The third-order valence-electron chi connectivity index (χ3n) is 6.13. The van der Waals surface area contributed by atoms with Gasteiger partial charge in [0, 0.05) is 51.4 Å². The van der Waals surface area contributed by atoms with Gasteiger partial charge in [-0.05, 0) is 75.6 Å². The minimum absolute atomic E-state index is 0.0750. The van der Waals surface area contributed by atoms with E-state index in [4.69, 9.17) is 10.2 Å². The first-order valence-corrected chi connectivity index (χ1v) is 17.1. The Morgan fingerprint density at radius 3 is 0.692 bits per heavy atom. The maximum atomic E-state index is 11.2. The van der Waals surface area contributed by atoms with E-state index < -0.39 is 59.7 Å². The second kappa shape index (κ2) is 30.5. The summed E-state index contributed by atoms with van der Waals surface area (Å²) in [5.74, 6) is -6.57. The van der Waals surface area contributed by atoms with Gasteiger partial charge in [-0.15, -0.1) is 0 Å². The first-order chi connectivity index (χ1) is 24.6.